The number of hydrogen-bond acceptors (Lipinski definition) is 18. The molecule has 6 rings (SSSR count). The summed E-state index contributed by atoms with van der Waals surface area (Å²) in [6.07, 6.45) is 2.03. The molecule has 19 nitrogen and oxygen atoms in total. The van der Waals surface area contributed by atoms with Gasteiger partial charge in [0, 0.05) is 31.2 Å². The van der Waals surface area contributed by atoms with Crippen molar-refractivity contribution in [2.75, 3.05) is 56.3 Å². The van der Waals surface area contributed by atoms with Crippen molar-refractivity contribution in [1.29, 1.82) is 0 Å². The zero-order valence-electron chi connectivity index (χ0n) is 27.2. The Bertz CT molecular complexity index is 1460. The van der Waals surface area contributed by atoms with E-state index in [0.717, 1.165) is 43.5 Å². The van der Waals surface area contributed by atoms with Gasteiger partial charge in [0.25, 0.3) is 11.0 Å². The Labute approximate surface area is 281 Å². The number of anilines is 2. The molecule has 20 heteroatoms. The Morgan fingerprint density at radius 2 is 1.90 bits per heavy atom. The number of aromatic nitrogens is 6. The summed E-state index contributed by atoms with van der Waals surface area (Å²) in [6.45, 7) is 9.32. The molecule has 1 aliphatic carbocycles. The van der Waals surface area contributed by atoms with E-state index < -0.39 is 42.3 Å². The van der Waals surface area contributed by atoms with Crippen molar-refractivity contribution in [1.82, 2.24) is 33.6 Å². The predicted octanol–water partition coefficient (Wildman–Crippen LogP) is 0.511. The van der Waals surface area contributed by atoms with Crippen molar-refractivity contribution in [3.63, 3.8) is 0 Å². The van der Waals surface area contributed by atoms with Crippen LogP contribution in [0.4, 0.5) is 11.6 Å². The second-order valence-electron chi connectivity index (χ2n) is 12.8. The van der Waals surface area contributed by atoms with Crippen LogP contribution in [0.5, 0.6) is 5.88 Å². The molecule has 3 aromatic heterocycles. The van der Waals surface area contributed by atoms with Gasteiger partial charge >= 0.3 is 0 Å². The Hall–Kier alpha value is -3.53. The summed E-state index contributed by atoms with van der Waals surface area (Å²) in [7, 11) is 0. The van der Waals surface area contributed by atoms with Gasteiger partial charge in [0.05, 0.1) is 31.3 Å². The van der Waals surface area contributed by atoms with Crippen molar-refractivity contribution in [3.8, 4) is 5.88 Å². The molecule has 1 saturated carbocycles. The molecule has 0 bridgehead atoms. The van der Waals surface area contributed by atoms with Gasteiger partial charge in [-0.2, -0.15) is 4.37 Å². The van der Waals surface area contributed by atoms with Crippen molar-refractivity contribution in [2.24, 2.45) is 0 Å². The Morgan fingerprint density at radius 1 is 1.15 bits per heavy atom. The maximum atomic E-state index is 10.4. The molecule has 5 heterocycles. The third-order valence-corrected chi connectivity index (χ3v) is 8.55. The van der Waals surface area contributed by atoms with E-state index in [-0.39, 0.29) is 12.1 Å². The van der Waals surface area contributed by atoms with Crippen LogP contribution in [0.1, 0.15) is 52.7 Å². The van der Waals surface area contributed by atoms with E-state index in [4.69, 9.17) is 14.2 Å². The van der Waals surface area contributed by atoms with Crippen LogP contribution < -0.4 is 20.3 Å². The summed E-state index contributed by atoms with van der Waals surface area (Å²) < 4.78 is 26.5. The molecule has 48 heavy (non-hydrogen) atoms. The van der Waals surface area contributed by atoms with E-state index in [9.17, 15) is 25.4 Å². The van der Waals surface area contributed by atoms with Crippen LogP contribution in [0.3, 0.4) is 0 Å². The van der Waals surface area contributed by atoms with Crippen LogP contribution in [0.2, 0.25) is 0 Å². The summed E-state index contributed by atoms with van der Waals surface area (Å²) in [5.41, 5.74) is 0.930. The second-order valence-corrected chi connectivity index (χ2v) is 13.4. The standard InChI is InChI=1S/C15H20N6O6.C13H24N4O3S/c22-11-9(5-26-21(24)25)27-15(12(11)23)20-7-18-10-13(16-6-17-14(10)20)19-8-3-1-2-4-8;1-13(2,3)14-8-10(18)9-20-12-11(15-21-16-12)17-4-6-19-7-5-17/h6-9,11-12,15,22-23H,1-5H2,(H,16,17,19);10,14,18H,4-9H2,1-3H3/t9-,11-,12-,15-;10-/m10/s1. The zero-order valence-corrected chi connectivity index (χ0v) is 28.0. The minimum absolute atomic E-state index is 0.0257. The summed E-state index contributed by atoms with van der Waals surface area (Å²) >= 11 is 1.12. The summed E-state index contributed by atoms with van der Waals surface area (Å²) in [5, 5.41) is 46.4. The van der Waals surface area contributed by atoms with Crippen molar-refractivity contribution < 1.29 is 39.5 Å². The monoisotopic (exact) mass is 696 g/mol. The molecule has 0 amide bonds. The first kappa shape index (κ1) is 35.8. The quantitative estimate of drug-likeness (QED) is 0.128. The predicted molar refractivity (Wildman–Crippen MR) is 172 cm³/mol. The van der Waals surface area contributed by atoms with Gasteiger partial charge in [0.2, 0.25) is 5.82 Å². The number of ether oxygens (including phenoxy) is 3. The van der Waals surface area contributed by atoms with Crippen LogP contribution in [-0.2, 0) is 14.3 Å². The number of morpholine rings is 1. The fraction of sp³-hybridized carbons (Fsp3) is 0.750. The van der Waals surface area contributed by atoms with E-state index in [1.807, 2.05) is 0 Å². The van der Waals surface area contributed by atoms with Crippen molar-refractivity contribution in [3.05, 3.63) is 22.8 Å². The Morgan fingerprint density at radius 3 is 2.60 bits per heavy atom. The van der Waals surface area contributed by atoms with Gasteiger partial charge in [-0.1, -0.05) is 12.8 Å². The van der Waals surface area contributed by atoms with Gasteiger partial charge < -0.3 is 49.9 Å². The molecular formula is C28H44N10O9S. The molecule has 2 saturated heterocycles. The molecule has 0 spiro atoms. The molecule has 0 radical (unpaired) electrons. The Kier molecular flexibility index (Phi) is 12.1. The Balaban J connectivity index is 0.000000194. The summed E-state index contributed by atoms with van der Waals surface area (Å²) in [6, 6.07) is 0.340. The van der Waals surface area contributed by atoms with Gasteiger partial charge in [-0.05, 0) is 33.6 Å². The lowest BCUT2D eigenvalue weighted by atomic mass is 10.1. The van der Waals surface area contributed by atoms with Gasteiger partial charge in [-0.3, -0.25) is 4.57 Å². The lowest BCUT2D eigenvalue weighted by Crippen LogP contribution is -2.42. The SMILES string of the molecule is CC(C)(C)NC[C@H](O)COc1nsnc1N1CCOCC1.O=[N+]([O-])OC[C@H]1O[C@@H](n2cnc3c(NC4CCCC4)ncnc32)[C@H](O)[C@@H]1O. The fourth-order valence-corrected chi connectivity index (χ4v) is 6.05. The molecule has 5 N–H and O–H groups in total. The third-order valence-electron chi connectivity index (χ3n) is 8.04. The molecule has 5 atom stereocenters. The number of nitrogens with one attached hydrogen (secondary N) is 2. The highest BCUT2D eigenvalue weighted by Crippen LogP contribution is 2.33. The number of β-amino-alcohol motifs (C(OH)–C–C–N with tert-alkyl or cyclic N) is 1. The molecular weight excluding hydrogens is 652 g/mol. The summed E-state index contributed by atoms with van der Waals surface area (Å²) in [4.78, 5) is 29.5. The van der Waals surface area contributed by atoms with Gasteiger partial charge in [0.1, 0.15) is 44.0 Å². The first-order valence-corrected chi connectivity index (χ1v) is 16.7. The topological polar surface area (TPSA) is 237 Å². The maximum Gasteiger partial charge on any atom is 0.294 e. The van der Waals surface area contributed by atoms with Crippen LogP contribution >= 0.6 is 11.7 Å². The summed E-state index contributed by atoms with van der Waals surface area (Å²) in [5.74, 6) is 1.85. The van der Waals surface area contributed by atoms with Crippen LogP contribution in [-0.4, -0.2) is 131 Å². The van der Waals surface area contributed by atoms with Gasteiger partial charge in [-0.25, -0.2) is 15.0 Å². The number of hydrogen-bond donors (Lipinski definition) is 5. The second kappa shape index (κ2) is 16.2. The molecule has 266 valence electrons. The number of imidazole rings is 1. The lowest BCUT2D eigenvalue weighted by Gasteiger charge is -2.27. The highest BCUT2D eigenvalue weighted by Gasteiger charge is 2.45. The number of nitrogens with zero attached hydrogens (tertiary/aromatic N) is 8. The first-order valence-electron chi connectivity index (χ1n) is 15.9. The van der Waals surface area contributed by atoms with Crippen LogP contribution in [0, 0.1) is 10.1 Å². The minimum atomic E-state index is -1.34. The molecule has 0 unspecified atom stereocenters. The molecule has 2 aliphatic heterocycles. The molecule has 3 aliphatic rings. The molecule has 0 aromatic carbocycles. The van der Waals surface area contributed by atoms with E-state index >= 15 is 0 Å². The normalized spacial score (nSPS) is 23.9. The number of aliphatic hydroxyl groups excluding tert-OH is 3. The highest BCUT2D eigenvalue weighted by molar-refractivity contribution is 6.99. The van der Waals surface area contributed by atoms with Crippen molar-refractivity contribution in [2.45, 2.75) is 88.7 Å². The van der Waals surface area contributed by atoms with Crippen molar-refractivity contribution >= 4 is 34.5 Å². The van der Waals surface area contributed by atoms with E-state index in [0.29, 0.717) is 48.7 Å². The van der Waals surface area contributed by atoms with E-state index in [1.165, 1.54) is 30.1 Å². The number of rotatable bonds is 12. The van der Waals surface area contributed by atoms with Gasteiger partial charge in [-0.15, -0.1) is 14.5 Å². The first-order chi connectivity index (χ1) is 23.0. The number of fused-ring (bicyclic) bond motifs is 1. The molecule has 3 aromatic rings. The van der Waals surface area contributed by atoms with E-state index in [2.05, 4.69) is 64.8 Å². The smallest absolute Gasteiger partial charge is 0.294 e. The average Bonchev–Trinajstić information content (AvgIpc) is 3.88. The lowest BCUT2D eigenvalue weighted by molar-refractivity contribution is -0.759. The average molecular weight is 697 g/mol. The van der Waals surface area contributed by atoms with Gasteiger partial charge in [0.15, 0.2) is 23.2 Å². The van der Waals surface area contributed by atoms with Crippen LogP contribution in [0.25, 0.3) is 11.2 Å². The fourth-order valence-electron chi connectivity index (χ4n) is 5.53. The molecule has 3 fully saturated rings. The minimum Gasteiger partial charge on any atom is -0.472 e. The highest BCUT2D eigenvalue weighted by atomic mass is 32.1. The van der Waals surface area contributed by atoms with Crippen LogP contribution in [0.15, 0.2) is 12.7 Å². The third kappa shape index (κ3) is 9.33. The number of aliphatic hydroxyl groups is 3. The van der Waals surface area contributed by atoms with E-state index in [1.54, 1.807) is 0 Å². The zero-order chi connectivity index (χ0) is 34.3. The maximum absolute atomic E-state index is 10.4. The largest absolute Gasteiger partial charge is 0.472 e.